The summed E-state index contributed by atoms with van der Waals surface area (Å²) in [4.78, 5) is 4.03. The van der Waals surface area contributed by atoms with Gasteiger partial charge in [0.15, 0.2) is 0 Å². The molecule has 0 spiro atoms. The van der Waals surface area contributed by atoms with E-state index in [2.05, 4.69) is 148 Å². The van der Waals surface area contributed by atoms with Crippen molar-refractivity contribution in [2.75, 3.05) is 0 Å². The highest BCUT2D eigenvalue weighted by Gasteiger charge is 2.35. The fourth-order valence-corrected chi connectivity index (χ4v) is 6.74. The Hall–Kier alpha value is -4.75. The Morgan fingerprint density at radius 2 is 1.44 bits per heavy atom. The number of aryl methyl sites for hydroxylation is 1. The van der Waals surface area contributed by atoms with Crippen LogP contribution in [-0.4, -0.2) is 6.72 Å². The number of hydrogen-bond acceptors (Lipinski definition) is 1. The van der Waals surface area contributed by atoms with E-state index in [0.717, 1.165) is 18.4 Å². The highest BCUT2D eigenvalue weighted by Crippen LogP contribution is 2.48. The fourth-order valence-electron chi connectivity index (χ4n) is 6.74. The molecule has 0 atom stereocenters. The first-order valence-corrected chi connectivity index (χ1v) is 15.2. The van der Waals surface area contributed by atoms with Gasteiger partial charge in [0.1, 0.15) is 0 Å². The number of aliphatic imine (C=N–C) groups is 1. The SMILES string of the molecule is C=N/C=C(\C=C/C)c1cc(C)cc(Cc2cccc(-c3ccccc3Cc3ccc4c(c3)C(C)(C)c3ccccc3-4)c2)c1. The zero-order chi connectivity index (χ0) is 30.0. The monoisotopic (exact) mass is 557 g/mol. The summed E-state index contributed by atoms with van der Waals surface area (Å²) in [5.41, 5.74) is 17.0. The molecule has 0 saturated heterocycles. The fraction of sp³-hybridized carbons (Fsp3) is 0.167. The Kier molecular flexibility index (Phi) is 7.82. The van der Waals surface area contributed by atoms with Gasteiger partial charge in [0, 0.05) is 11.6 Å². The number of fused-ring (bicyclic) bond motifs is 3. The van der Waals surface area contributed by atoms with Gasteiger partial charge in [0.25, 0.3) is 0 Å². The van der Waals surface area contributed by atoms with Crippen LogP contribution in [0.25, 0.3) is 27.8 Å². The van der Waals surface area contributed by atoms with E-state index in [1.165, 1.54) is 66.8 Å². The summed E-state index contributed by atoms with van der Waals surface area (Å²) in [5, 5.41) is 0. The van der Waals surface area contributed by atoms with Gasteiger partial charge in [-0.2, -0.15) is 0 Å². The molecule has 43 heavy (non-hydrogen) atoms. The maximum absolute atomic E-state index is 4.03. The highest BCUT2D eigenvalue weighted by atomic mass is 14.6. The lowest BCUT2D eigenvalue weighted by Crippen LogP contribution is -2.15. The number of nitrogens with zero attached hydrogens (tertiary/aromatic N) is 1. The van der Waals surface area contributed by atoms with Crippen molar-refractivity contribution in [2.45, 2.75) is 46.0 Å². The van der Waals surface area contributed by atoms with Gasteiger partial charge in [0.2, 0.25) is 0 Å². The Morgan fingerprint density at radius 3 is 2.26 bits per heavy atom. The first-order valence-electron chi connectivity index (χ1n) is 15.2. The summed E-state index contributed by atoms with van der Waals surface area (Å²) >= 11 is 0. The van der Waals surface area contributed by atoms with Crippen LogP contribution in [0.2, 0.25) is 0 Å². The van der Waals surface area contributed by atoms with Crippen LogP contribution in [0.3, 0.4) is 0 Å². The van der Waals surface area contributed by atoms with Crippen molar-refractivity contribution in [2.24, 2.45) is 4.99 Å². The molecule has 6 rings (SSSR count). The smallest absolute Gasteiger partial charge is 0.0338 e. The van der Waals surface area contributed by atoms with E-state index < -0.39 is 0 Å². The molecule has 0 heterocycles. The van der Waals surface area contributed by atoms with Gasteiger partial charge < -0.3 is 0 Å². The lowest BCUT2D eigenvalue weighted by atomic mass is 9.81. The molecule has 1 heteroatoms. The Morgan fingerprint density at radius 1 is 0.698 bits per heavy atom. The number of allylic oxidation sites excluding steroid dienone is 3. The standard InChI is InChI=1S/C42H39N/c1-6-12-35(28-43-5)36-22-29(2)21-32(26-36)23-30-13-11-15-34(24-30)37-16-8-7-14-33(37)25-31-19-20-39-38-17-9-10-18-40(38)42(3,4)41(39)27-31/h6-22,24,26-28H,5,23,25H2,1-4H3/b12-6-,35-28+. The summed E-state index contributed by atoms with van der Waals surface area (Å²) in [5.74, 6) is 0. The quantitative estimate of drug-likeness (QED) is 0.133. The van der Waals surface area contributed by atoms with Gasteiger partial charge in [-0.15, -0.1) is 0 Å². The predicted molar refractivity (Wildman–Crippen MR) is 185 cm³/mol. The van der Waals surface area contributed by atoms with E-state index in [4.69, 9.17) is 0 Å². The van der Waals surface area contributed by atoms with Crippen LogP contribution in [0.15, 0.2) is 133 Å². The lowest BCUT2D eigenvalue weighted by molar-refractivity contribution is 0.659. The molecule has 1 aliphatic rings. The molecule has 5 aromatic carbocycles. The third-order valence-electron chi connectivity index (χ3n) is 8.75. The van der Waals surface area contributed by atoms with Gasteiger partial charge in [-0.05, 0) is 100 Å². The molecule has 0 aliphatic heterocycles. The van der Waals surface area contributed by atoms with Gasteiger partial charge in [-0.1, -0.05) is 141 Å². The number of hydrogen-bond donors (Lipinski definition) is 0. The van der Waals surface area contributed by atoms with Crippen molar-refractivity contribution in [3.05, 3.63) is 172 Å². The Labute approximate surface area is 257 Å². The second-order valence-electron chi connectivity index (χ2n) is 12.2. The maximum Gasteiger partial charge on any atom is 0.0338 e. The molecular formula is C42H39N. The normalized spacial score (nSPS) is 13.6. The van der Waals surface area contributed by atoms with Crippen LogP contribution in [0.5, 0.6) is 0 Å². The topological polar surface area (TPSA) is 12.4 Å². The molecule has 212 valence electrons. The van der Waals surface area contributed by atoms with E-state index in [1.54, 1.807) is 0 Å². The summed E-state index contributed by atoms with van der Waals surface area (Å²) in [6.07, 6.45) is 7.74. The largest absolute Gasteiger partial charge is 0.272 e. The Balaban J connectivity index is 1.29. The zero-order valence-corrected chi connectivity index (χ0v) is 25.7. The molecule has 0 saturated carbocycles. The molecule has 0 amide bonds. The molecule has 0 unspecified atom stereocenters. The van der Waals surface area contributed by atoms with Crippen LogP contribution in [0.4, 0.5) is 0 Å². The van der Waals surface area contributed by atoms with Crippen molar-refractivity contribution in [1.29, 1.82) is 0 Å². The first kappa shape index (κ1) is 28.4. The first-order chi connectivity index (χ1) is 20.9. The molecule has 5 aromatic rings. The summed E-state index contributed by atoms with van der Waals surface area (Å²) in [6, 6.07) is 40.6. The van der Waals surface area contributed by atoms with Crippen molar-refractivity contribution in [3.8, 4) is 22.3 Å². The van der Waals surface area contributed by atoms with Crippen LogP contribution < -0.4 is 0 Å². The maximum atomic E-state index is 4.03. The molecule has 0 fully saturated rings. The third kappa shape index (κ3) is 5.68. The molecule has 0 aromatic heterocycles. The minimum absolute atomic E-state index is 0.0109. The molecule has 0 N–H and O–H groups in total. The molecular weight excluding hydrogens is 518 g/mol. The number of rotatable bonds is 8. The van der Waals surface area contributed by atoms with E-state index >= 15 is 0 Å². The van der Waals surface area contributed by atoms with Gasteiger partial charge in [0.05, 0.1) is 0 Å². The molecule has 0 bridgehead atoms. The Bertz CT molecular complexity index is 1880. The van der Waals surface area contributed by atoms with E-state index in [0.29, 0.717) is 0 Å². The lowest BCUT2D eigenvalue weighted by Gasteiger charge is -2.22. The summed E-state index contributed by atoms with van der Waals surface area (Å²) < 4.78 is 0. The average molecular weight is 558 g/mol. The van der Waals surface area contributed by atoms with Crippen molar-refractivity contribution in [1.82, 2.24) is 0 Å². The number of benzene rings is 5. The molecule has 1 nitrogen and oxygen atoms in total. The van der Waals surface area contributed by atoms with Crippen LogP contribution in [-0.2, 0) is 18.3 Å². The van der Waals surface area contributed by atoms with Crippen molar-refractivity contribution in [3.63, 3.8) is 0 Å². The van der Waals surface area contributed by atoms with Crippen LogP contribution >= 0.6 is 0 Å². The average Bonchev–Trinajstić information content (AvgIpc) is 3.23. The second kappa shape index (κ2) is 11.9. The van der Waals surface area contributed by atoms with E-state index in [-0.39, 0.29) is 5.41 Å². The molecule has 1 aliphatic carbocycles. The van der Waals surface area contributed by atoms with Gasteiger partial charge in [-0.3, -0.25) is 4.99 Å². The van der Waals surface area contributed by atoms with E-state index in [9.17, 15) is 0 Å². The third-order valence-corrected chi connectivity index (χ3v) is 8.75. The second-order valence-corrected chi connectivity index (χ2v) is 12.2. The van der Waals surface area contributed by atoms with Crippen LogP contribution in [0, 0.1) is 6.92 Å². The summed E-state index contributed by atoms with van der Waals surface area (Å²) in [7, 11) is 0. The zero-order valence-electron chi connectivity index (χ0n) is 25.7. The van der Waals surface area contributed by atoms with Gasteiger partial charge in [-0.25, -0.2) is 0 Å². The minimum Gasteiger partial charge on any atom is -0.272 e. The molecule has 0 radical (unpaired) electrons. The highest BCUT2D eigenvalue weighted by molar-refractivity contribution is 5.81. The van der Waals surface area contributed by atoms with Crippen LogP contribution in [0.1, 0.15) is 65.3 Å². The predicted octanol–water partition coefficient (Wildman–Crippen LogP) is 10.8. The van der Waals surface area contributed by atoms with E-state index in [1.807, 2.05) is 19.2 Å². The van der Waals surface area contributed by atoms with Gasteiger partial charge >= 0.3 is 0 Å². The van der Waals surface area contributed by atoms with Crippen molar-refractivity contribution < 1.29 is 0 Å². The van der Waals surface area contributed by atoms with Crippen molar-refractivity contribution >= 4 is 12.3 Å². The minimum atomic E-state index is 0.0109. The summed E-state index contributed by atoms with van der Waals surface area (Å²) in [6.45, 7) is 12.6.